The molecule has 0 aliphatic carbocycles. The van der Waals surface area contributed by atoms with Gasteiger partial charge in [0, 0.05) is 23.1 Å². The van der Waals surface area contributed by atoms with Gasteiger partial charge in [0.15, 0.2) is 0 Å². The summed E-state index contributed by atoms with van der Waals surface area (Å²) in [4.78, 5) is 8.99. The van der Waals surface area contributed by atoms with Crippen LogP contribution in [0.4, 0.5) is 23.1 Å². The third-order valence-electron chi connectivity index (χ3n) is 3.76. The highest BCUT2D eigenvalue weighted by Crippen LogP contribution is 2.28. The van der Waals surface area contributed by atoms with Crippen LogP contribution in [0.3, 0.4) is 0 Å². The lowest BCUT2D eigenvalue weighted by Crippen LogP contribution is -2.02. The van der Waals surface area contributed by atoms with E-state index in [0.29, 0.717) is 16.7 Å². The monoisotopic (exact) mass is 368 g/mol. The largest absolute Gasteiger partial charge is 0.495 e. The van der Waals surface area contributed by atoms with Gasteiger partial charge in [-0.2, -0.15) is 4.98 Å². The molecule has 3 rings (SSSR count). The number of nitrogens with zero attached hydrogens (tertiary/aromatic N) is 2. The molecule has 1 aromatic heterocycles. The number of benzene rings is 2. The van der Waals surface area contributed by atoms with Crippen molar-refractivity contribution in [3.63, 3.8) is 0 Å². The lowest BCUT2D eigenvalue weighted by molar-refractivity contribution is 0.415. The first-order chi connectivity index (χ1) is 12.4. The second-order valence-electron chi connectivity index (χ2n) is 6.19. The van der Waals surface area contributed by atoms with Gasteiger partial charge in [-0.1, -0.05) is 17.7 Å². The van der Waals surface area contributed by atoms with E-state index in [-0.39, 0.29) is 0 Å². The number of rotatable bonds is 5. The van der Waals surface area contributed by atoms with Crippen LogP contribution in [0.5, 0.6) is 5.75 Å². The predicted molar refractivity (Wildman–Crippen MR) is 107 cm³/mol. The fourth-order valence-electron chi connectivity index (χ4n) is 2.76. The third-order valence-corrected chi connectivity index (χ3v) is 4.05. The minimum atomic E-state index is 0.498. The summed E-state index contributed by atoms with van der Waals surface area (Å²) >= 11 is 6.18. The van der Waals surface area contributed by atoms with Crippen molar-refractivity contribution in [2.45, 2.75) is 20.8 Å². The zero-order chi connectivity index (χ0) is 18.7. The minimum absolute atomic E-state index is 0.498. The minimum Gasteiger partial charge on any atom is -0.495 e. The second kappa shape index (κ2) is 7.62. The van der Waals surface area contributed by atoms with Crippen molar-refractivity contribution >= 4 is 34.7 Å². The molecule has 2 N–H and O–H groups in total. The van der Waals surface area contributed by atoms with Crippen LogP contribution < -0.4 is 15.4 Å². The first-order valence-corrected chi connectivity index (χ1v) is 8.62. The Bertz CT molecular complexity index is 923. The standard InChI is InChI=1S/C20H21ClN4O/c1-12-7-13(2)9-16(8-12)23-19-10-14(3)22-20(25-19)24-15-5-6-18(26-4)17(21)11-15/h5-11H,1-4H3,(H2,22,23,24,25). The number of nitrogens with one attached hydrogen (secondary N) is 2. The molecule has 2 aromatic carbocycles. The molecule has 5 nitrogen and oxygen atoms in total. The van der Waals surface area contributed by atoms with Crippen LogP contribution in [0.2, 0.25) is 5.02 Å². The highest BCUT2D eigenvalue weighted by atomic mass is 35.5. The molecule has 0 amide bonds. The number of halogens is 1. The lowest BCUT2D eigenvalue weighted by atomic mass is 10.1. The molecule has 0 unspecified atom stereocenters. The molecule has 0 fully saturated rings. The molecule has 0 aliphatic heterocycles. The van der Waals surface area contributed by atoms with Gasteiger partial charge in [0.1, 0.15) is 11.6 Å². The molecule has 0 spiro atoms. The van der Waals surface area contributed by atoms with Crippen LogP contribution in [0.1, 0.15) is 16.8 Å². The quantitative estimate of drug-likeness (QED) is 0.618. The van der Waals surface area contributed by atoms with Gasteiger partial charge < -0.3 is 15.4 Å². The summed E-state index contributed by atoms with van der Waals surface area (Å²) < 4.78 is 5.17. The number of methoxy groups -OCH3 is 1. The molecule has 0 atom stereocenters. The second-order valence-corrected chi connectivity index (χ2v) is 6.60. The summed E-state index contributed by atoms with van der Waals surface area (Å²) in [5, 5.41) is 7.06. The Balaban J connectivity index is 1.84. The average Bonchev–Trinajstić information content (AvgIpc) is 2.53. The van der Waals surface area contributed by atoms with E-state index >= 15 is 0 Å². The molecule has 0 saturated heterocycles. The topological polar surface area (TPSA) is 59.1 Å². The Morgan fingerprint density at radius 2 is 1.58 bits per heavy atom. The van der Waals surface area contributed by atoms with Crippen LogP contribution in [-0.2, 0) is 0 Å². The Morgan fingerprint density at radius 3 is 2.23 bits per heavy atom. The number of aryl methyl sites for hydroxylation is 3. The van der Waals surface area contributed by atoms with Crippen LogP contribution in [0.15, 0.2) is 42.5 Å². The molecule has 1 heterocycles. The Labute approximate surface area is 158 Å². The van der Waals surface area contributed by atoms with Gasteiger partial charge in [0.05, 0.1) is 12.1 Å². The average molecular weight is 369 g/mol. The Hall–Kier alpha value is -2.79. The van der Waals surface area contributed by atoms with Crippen LogP contribution >= 0.6 is 11.6 Å². The molecule has 0 radical (unpaired) electrons. The lowest BCUT2D eigenvalue weighted by Gasteiger charge is -2.12. The van der Waals surface area contributed by atoms with E-state index < -0.39 is 0 Å². The first kappa shape index (κ1) is 18.0. The smallest absolute Gasteiger partial charge is 0.229 e. The van der Waals surface area contributed by atoms with Crippen molar-refractivity contribution < 1.29 is 4.74 Å². The zero-order valence-corrected chi connectivity index (χ0v) is 16.0. The Morgan fingerprint density at radius 1 is 0.846 bits per heavy atom. The number of hydrogen-bond donors (Lipinski definition) is 2. The van der Waals surface area contributed by atoms with Gasteiger partial charge in [0.25, 0.3) is 0 Å². The van der Waals surface area contributed by atoms with Crippen molar-refractivity contribution in [3.8, 4) is 5.75 Å². The molecule has 0 bridgehead atoms. The summed E-state index contributed by atoms with van der Waals surface area (Å²) in [6.07, 6.45) is 0. The highest BCUT2D eigenvalue weighted by molar-refractivity contribution is 6.32. The van der Waals surface area contributed by atoms with Crippen LogP contribution in [0.25, 0.3) is 0 Å². The maximum atomic E-state index is 6.18. The van der Waals surface area contributed by atoms with E-state index in [2.05, 4.69) is 52.6 Å². The number of hydrogen-bond acceptors (Lipinski definition) is 5. The van der Waals surface area contributed by atoms with Gasteiger partial charge in [-0.05, 0) is 62.2 Å². The van der Waals surface area contributed by atoms with Crippen molar-refractivity contribution in [1.82, 2.24) is 9.97 Å². The first-order valence-electron chi connectivity index (χ1n) is 8.24. The summed E-state index contributed by atoms with van der Waals surface area (Å²) in [6.45, 7) is 6.08. The molecule has 26 heavy (non-hydrogen) atoms. The van der Waals surface area contributed by atoms with Gasteiger partial charge in [-0.3, -0.25) is 0 Å². The molecule has 3 aromatic rings. The van der Waals surface area contributed by atoms with E-state index in [0.717, 1.165) is 22.9 Å². The zero-order valence-electron chi connectivity index (χ0n) is 15.2. The maximum Gasteiger partial charge on any atom is 0.229 e. The summed E-state index contributed by atoms with van der Waals surface area (Å²) in [5.74, 6) is 1.85. The maximum absolute atomic E-state index is 6.18. The van der Waals surface area contributed by atoms with Gasteiger partial charge >= 0.3 is 0 Å². The van der Waals surface area contributed by atoms with Crippen molar-refractivity contribution in [2.75, 3.05) is 17.7 Å². The summed E-state index contributed by atoms with van der Waals surface area (Å²) in [7, 11) is 1.59. The van der Waals surface area contributed by atoms with Crippen LogP contribution in [-0.4, -0.2) is 17.1 Å². The van der Waals surface area contributed by atoms with E-state index in [9.17, 15) is 0 Å². The number of ether oxygens (including phenoxy) is 1. The van der Waals surface area contributed by atoms with Crippen molar-refractivity contribution in [2.24, 2.45) is 0 Å². The number of aromatic nitrogens is 2. The SMILES string of the molecule is COc1ccc(Nc2nc(C)cc(Nc3cc(C)cc(C)c3)n2)cc1Cl. The van der Waals surface area contributed by atoms with Gasteiger partial charge in [-0.25, -0.2) is 4.98 Å². The van der Waals surface area contributed by atoms with Gasteiger partial charge in [0.2, 0.25) is 5.95 Å². The van der Waals surface area contributed by atoms with E-state index in [1.165, 1.54) is 11.1 Å². The normalized spacial score (nSPS) is 10.5. The van der Waals surface area contributed by atoms with E-state index in [1.54, 1.807) is 19.2 Å². The number of anilines is 4. The van der Waals surface area contributed by atoms with Crippen LogP contribution in [0, 0.1) is 20.8 Å². The van der Waals surface area contributed by atoms with Crippen molar-refractivity contribution in [3.05, 3.63) is 64.3 Å². The molecular formula is C20H21ClN4O. The summed E-state index contributed by atoms with van der Waals surface area (Å²) in [5.41, 5.74) is 5.04. The molecule has 6 heteroatoms. The van der Waals surface area contributed by atoms with E-state index in [1.807, 2.05) is 19.1 Å². The fraction of sp³-hybridized carbons (Fsp3) is 0.200. The molecule has 0 aliphatic rings. The van der Waals surface area contributed by atoms with Gasteiger partial charge in [-0.15, -0.1) is 0 Å². The predicted octanol–water partition coefficient (Wildman–Crippen LogP) is 5.55. The van der Waals surface area contributed by atoms with E-state index in [4.69, 9.17) is 16.3 Å². The highest BCUT2D eigenvalue weighted by Gasteiger charge is 2.07. The molecule has 134 valence electrons. The molecular weight excluding hydrogens is 348 g/mol. The third kappa shape index (κ3) is 4.43. The Kier molecular flexibility index (Phi) is 5.28. The van der Waals surface area contributed by atoms with Crippen molar-refractivity contribution in [1.29, 1.82) is 0 Å². The molecule has 0 saturated carbocycles. The fourth-order valence-corrected chi connectivity index (χ4v) is 3.01. The summed E-state index contributed by atoms with van der Waals surface area (Å²) in [6, 6.07) is 13.7.